The lowest BCUT2D eigenvalue weighted by atomic mass is 9.78. The maximum absolute atomic E-state index is 12.2. The predicted octanol–water partition coefficient (Wildman–Crippen LogP) is 1.51. The van der Waals surface area contributed by atoms with Crippen molar-refractivity contribution in [1.29, 1.82) is 0 Å². The van der Waals surface area contributed by atoms with E-state index < -0.39 is 10.0 Å². The fourth-order valence-corrected chi connectivity index (χ4v) is 5.18. The molecule has 2 aliphatic heterocycles. The van der Waals surface area contributed by atoms with Crippen LogP contribution in [0.15, 0.2) is 18.5 Å². The van der Waals surface area contributed by atoms with Gasteiger partial charge in [-0.05, 0) is 37.2 Å². The summed E-state index contributed by atoms with van der Waals surface area (Å²) in [5, 5.41) is 0. The highest BCUT2D eigenvalue weighted by Crippen LogP contribution is 2.41. The molecule has 0 aliphatic carbocycles. The molecule has 0 atom stereocenters. The zero-order valence-electron chi connectivity index (χ0n) is 13.1. The first-order chi connectivity index (χ1) is 10.5. The Labute approximate surface area is 132 Å². The third-order valence-electron chi connectivity index (χ3n) is 4.92. The Bertz CT molecular complexity index is 597. The first-order valence-electron chi connectivity index (χ1n) is 8.04. The zero-order chi connectivity index (χ0) is 15.6. The first kappa shape index (κ1) is 15.7. The van der Waals surface area contributed by atoms with Crippen LogP contribution in [0.4, 0.5) is 5.95 Å². The van der Waals surface area contributed by atoms with Crippen molar-refractivity contribution in [3.8, 4) is 0 Å². The standard InChI is InChI=1S/C15H24N4O2S/c1-2-12-22(20,21)19-11-6-15(13-19)4-9-18(10-5-15)14-16-7-3-8-17-14/h3,7-8H,2,4-6,9-13H2,1H3. The molecule has 22 heavy (non-hydrogen) atoms. The number of hydrogen-bond donors (Lipinski definition) is 0. The van der Waals surface area contributed by atoms with Crippen molar-refractivity contribution in [3.05, 3.63) is 18.5 Å². The largest absolute Gasteiger partial charge is 0.341 e. The molecule has 2 aliphatic rings. The summed E-state index contributed by atoms with van der Waals surface area (Å²) in [5.74, 6) is 1.05. The van der Waals surface area contributed by atoms with Gasteiger partial charge in [0.25, 0.3) is 0 Å². The van der Waals surface area contributed by atoms with E-state index >= 15 is 0 Å². The van der Waals surface area contributed by atoms with Crippen LogP contribution in [-0.2, 0) is 10.0 Å². The molecular formula is C15H24N4O2S. The summed E-state index contributed by atoms with van der Waals surface area (Å²) >= 11 is 0. The highest BCUT2D eigenvalue weighted by Gasteiger charge is 2.44. The summed E-state index contributed by atoms with van der Waals surface area (Å²) in [4.78, 5) is 10.8. The molecule has 0 radical (unpaired) electrons. The van der Waals surface area contributed by atoms with Crippen LogP contribution >= 0.6 is 0 Å². The Kier molecular flexibility index (Phi) is 4.36. The Morgan fingerprint density at radius 2 is 1.77 bits per heavy atom. The van der Waals surface area contributed by atoms with Crippen molar-refractivity contribution in [3.63, 3.8) is 0 Å². The summed E-state index contributed by atoms with van der Waals surface area (Å²) in [6.07, 6.45) is 7.24. The molecule has 0 aromatic carbocycles. The molecule has 0 N–H and O–H groups in total. The minimum atomic E-state index is -3.06. The number of nitrogens with zero attached hydrogens (tertiary/aromatic N) is 4. The number of piperidine rings is 1. The Balaban J connectivity index is 1.62. The first-order valence-corrected chi connectivity index (χ1v) is 9.65. The van der Waals surface area contributed by atoms with E-state index in [0.29, 0.717) is 19.5 Å². The van der Waals surface area contributed by atoms with Gasteiger partial charge in [0.05, 0.1) is 5.75 Å². The van der Waals surface area contributed by atoms with E-state index in [-0.39, 0.29) is 11.2 Å². The molecule has 122 valence electrons. The molecule has 7 heteroatoms. The second-order valence-electron chi connectivity index (χ2n) is 6.44. The van der Waals surface area contributed by atoms with Crippen LogP contribution in [0.3, 0.4) is 0 Å². The van der Waals surface area contributed by atoms with Crippen LogP contribution in [0.2, 0.25) is 0 Å². The second kappa shape index (κ2) is 6.12. The number of anilines is 1. The fourth-order valence-electron chi connectivity index (χ4n) is 3.56. The van der Waals surface area contributed by atoms with E-state index in [9.17, 15) is 8.42 Å². The van der Waals surface area contributed by atoms with Crippen molar-refractivity contribution in [2.24, 2.45) is 5.41 Å². The monoisotopic (exact) mass is 324 g/mol. The summed E-state index contributed by atoms with van der Waals surface area (Å²) in [6, 6.07) is 1.82. The van der Waals surface area contributed by atoms with E-state index in [0.717, 1.165) is 38.3 Å². The Morgan fingerprint density at radius 3 is 2.41 bits per heavy atom. The molecule has 2 saturated heterocycles. The molecule has 1 aromatic rings. The molecule has 0 bridgehead atoms. The molecule has 3 rings (SSSR count). The highest BCUT2D eigenvalue weighted by atomic mass is 32.2. The van der Waals surface area contributed by atoms with Gasteiger partial charge in [0.1, 0.15) is 0 Å². The van der Waals surface area contributed by atoms with Crippen LogP contribution in [0, 0.1) is 5.41 Å². The summed E-state index contributed by atoms with van der Waals surface area (Å²) in [6.45, 7) is 5.11. The minimum absolute atomic E-state index is 0.159. The normalized spacial score (nSPS) is 22.3. The summed E-state index contributed by atoms with van der Waals surface area (Å²) < 4.78 is 26.2. The lowest BCUT2D eigenvalue weighted by Gasteiger charge is -2.39. The molecule has 1 spiro atoms. The molecule has 0 unspecified atom stereocenters. The summed E-state index contributed by atoms with van der Waals surface area (Å²) in [5.41, 5.74) is 0.159. The van der Waals surface area contributed by atoms with Gasteiger partial charge >= 0.3 is 0 Å². The van der Waals surface area contributed by atoms with Crippen molar-refractivity contribution < 1.29 is 8.42 Å². The maximum atomic E-state index is 12.2. The van der Waals surface area contributed by atoms with Crippen molar-refractivity contribution >= 4 is 16.0 Å². The van der Waals surface area contributed by atoms with Crippen LogP contribution in [-0.4, -0.2) is 54.6 Å². The van der Waals surface area contributed by atoms with Crippen molar-refractivity contribution in [2.75, 3.05) is 36.8 Å². The quantitative estimate of drug-likeness (QED) is 0.840. The molecule has 6 nitrogen and oxygen atoms in total. The molecule has 3 heterocycles. The second-order valence-corrected chi connectivity index (χ2v) is 8.52. The average Bonchev–Trinajstić information content (AvgIpc) is 2.94. The molecule has 2 fully saturated rings. The van der Waals surface area contributed by atoms with Gasteiger partial charge in [-0.15, -0.1) is 0 Å². The predicted molar refractivity (Wildman–Crippen MR) is 86.2 cm³/mol. The van der Waals surface area contributed by atoms with Gasteiger partial charge in [-0.1, -0.05) is 6.92 Å². The van der Waals surface area contributed by atoms with Gasteiger partial charge in [0, 0.05) is 38.6 Å². The lowest BCUT2D eigenvalue weighted by Crippen LogP contribution is -2.43. The van der Waals surface area contributed by atoms with Gasteiger partial charge < -0.3 is 4.90 Å². The van der Waals surface area contributed by atoms with Crippen LogP contribution in [0.5, 0.6) is 0 Å². The topological polar surface area (TPSA) is 66.4 Å². The number of hydrogen-bond acceptors (Lipinski definition) is 5. The number of sulfonamides is 1. The van der Waals surface area contributed by atoms with E-state index in [1.165, 1.54) is 0 Å². The minimum Gasteiger partial charge on any atom is -0.341 e. The molecule has 0 amide bonds. The van der Waals surface area contributed by atoms with Crippen molar-refractivity contribution in [2.45, 2.75) is 32.6 Å². The lowest BCUT2D eigenvalue weighted by molar-refractivity contribution is 0.233. The SMILES string of the molecule is CCCS(=O)(=O)N1CCC2(CCN(c3ncccn3)CC2)C1. The maximum Gasteiger partial charge on any atom is 0.225 e. The Hall–Kier alpha value is -1.21. The average molecular weight is 324 g/mol. The fraction of sp³-hybridized carbons (Fsp3) is 0.733. The zero-order valence-corrected chi connectivity index (χ0v) is 13.9. The van der Waals surface area contributed by atoms with E-state index in [1.54, 1.807) is 16.7 Å². The number of rotatable bonds is 4. The highest BCUT2D eigenvalue weighted by molar-refractivity contribution is 7.89. The van der Waals surface area contributed by atoms with Gasteiger partial charge in [0.2, 0.25) is 16.0 Å². The van der Waals surface area contributed by atoms with Crippen LogP contribution in [0.1, 0.15) is 32.6 Å². The van der Waals surface area contributed by atoms with Gasteiger partial charge in [-0.2, -0.15) is 0 Å². The number of aromatic nitrogens is 2. The van der Waals surface area contributed by atoms with E-state index in [1.807, 2.05) is 13.0 Å². The van der Waals surface area contributed by atoms with Crippen molar-refractivity contribution in [1.82, 2.24) is 14.3 Å². The van der Waals surface area contributed by atoms with Gasteiger partial charge in [-0.3, -0.25) is 0 Å². The molecular weight excluding hydrogens is 300 g/mol. The van der Waals surface area contributed by atoms with Crippen LogP contribution < -0.4 is 4.90 Å². The molecule has 1 aromatic heterocycles. The summed E-state index contributed by atoms with van der Waals surface area (Å²) in [7, 11) is -3.06. The Morgan fingerprint density at radius 1 is 1.14 bits per heavy atom. The third kappa shape index (κ3) is 3.10. The third-order valence-corrected chi connectivity index (χ3v) is 6.94. The van der Waals surface area contributed by atoms with Crippen LogP contribution in [0.25, 0.3) is 0 Å². The smallest absolute Gasteiger partial charge is 0.225 e. The van der Waals surface area contributed by atoms with E-state index in [4.69, 9.17) is 0 Å². The van der Waals surface area contributed by atoms with Gasteiger partial charge in [-0.25, -0.2) is 22.7 Å². The molecule has 0 saturated carbocycles. The van der Waals surface area contributed by atoms with E-state index in [2.05, 4.69) is 14.9 Å². The van der Waals surface area contributed by atoms with Gasteiger partial charge in [0.15, 0.2) is 0 Å².